The van der Waals surface area contributed by atoms with Crippen LogP contribution in [0.5, 0.6) is 5.75 Å². The van der Waals surface area contributed by atoms with Crippen molar-refractivity contribution in [1.82, 2.24) is 15.2 Å². The first-order chi connectivity index (χ1) is 16.8. The fraction of sp³-hybridized carbons (Fsp3) is 0.259. The molecule has 0 unspecified atom stereocenters. The molecular formula is C27H26N4O4. The second kappa shape index (κ2) is 8.54. The van der Waals surface area contributed by atoms with Gasteiger partial charge < -0.3 is 10.1 Å². The second-order valence-corrected chi connectivity index (χ2v) is 9.29. The van der Waals surface area contributed by atoms with E-state index in [2.05, 4.69) is 11.4 Å². The number of ether oxygens (including phenoxy) is 1. The predicted molar refractivity (Wildman–Crippen MR) is 132 cm³/mol. The molecule has 1 N–H and O–H groups in total. The van der Waals surface area contributed by atoms with E-state index in [1.165, 1.54) is 5.01 Å². The van der Waals surface area contributed by atoms with Gasteiger partial charge in [0, 0.05) is 6.42 Å². The quantitative estimate of drug-likeness (QED) is 0.574. The normalized spacial score (nSPS) is 19.2. The van der Waals surface area contributed by atoms with Gasteiger partial charge in [-0.2, -0.15) is 5.10 Å². The number of hydrazone groups is 1. The van der Waals surface area contributed by atoms with E-state index in [4.69, 9.17) is 9.84 Å². The molecular weight excluding hydrogens is 444 g/mol. The third kappa shape index (κ3) is 4.12. The molecule has 0 spiro atoms. The molecule has 4 amide bonds. The van der Waals surface area contributed by atoms with Crippen molar-refractivity contribution in [2.75, 3.05) is 13.7 Å². The van der Waals surface area contributed by atoms with Gasteiger partial charge in [-0.05, 0) is 53.9 Å². The lowest BCUT2D eigenvalue weighted by Crippen LogP contribution is -2.43. The smallest absolute Gasteiger partial charge is 0.325 e. The van der Waals surface area contributed by atoms with Gasteiger partial charge in [0.25, 0.3) is 11.8 Å². The number of carbonyl (C=O) groups is 3. The number of amides is 4. The van der Waals surface area contributed by atoms with Crippen LogP contribution in [0.25, 0.3) is 10.8 Å². The molecule has 8 nitrogen and oxygen atoms in total. The molecule has 8 heteroatoms. The Labute approximate surface area is 203 Å². The summed E-state index contributed by atoms with van der Waals surface area (Å²) in [6.45, 7) is 2.85. The topological polar surface area (TPSA) is 91.3 Å². The number of benzene rings is 3. The molecule has 1 fully saturated rings. The van der Waals surface area contributed by atoms with Gasteiger partial charge in [0.2, 0.25) is 0 Å². The molecule has 2 aliphatic rings. The van der Waals surface area contributed by atoms with E-state index < -0.39 is 23.4 Å². The van der Waals surface area contributed by atoms with Crippen LogP contribution in [-0.4, -0.2) is 52.7 Å². The first-order valence-electron chi connectivity index (χ1n) is 11.4. The fourth-order valence-corrected chi connectivity index (χ4v) is 4.54. The van der Waals surface area contributed by atoms with Gasteiger partial charge in [-0.25, -0.2) is 9.80 Å². The Morgan fingerprint density at radius 3 is 2.43 bits per heavy atom. The molecule has 35 heavy (non-hydrogen) atoms. The van der Waals surface area contributed by atoms with Crippen molar-refractivity contribution in [3.8, 4) is 5.75 Å². The number of fused-ring (bicyclic) bond motifs is 1. The van der Waals surface area contributed by atoms with E-state index in [0.29, 0.717) is 12.2 Å². The van der Waals surface area contributed by atoms with Crippen molar-refractivity contribution in [2.45, 2.75) is 31.8 Å². The van der Waals surface area contributed by atoms with E-state index in [1.807, 2.05) is 60.7 Å². The fourth-order valence-electron chi connectivity index (χ4n) is 4.54. The van der Waals surface area contributed by atoms with E-state index in [0.717, 1.165) is 32.5 Å². The van der Waals surface area contributed by atoms with Crippen LogP contribution in [0.1, 0.15) is 37.4 Å². The van der Waals surface area contributed by atoms with Gasteiger partial charge in [-0.15, -0.1) is 0 Å². The van der Waals surface area contributed by atoms with Crippen molar-refractivity contribution in [1.29, 1.82) is 0 Å². The highest BCUT2D eigenvalue weighted by molar-refractivity contribution is 6.09. The summed E-state index contributed by atoms with van der Waals surface area (Å²) in [6, 6.07) is 20.7. The third-order valence-electron chi connectivity index (χ3n) is 6.49. The number of nitrogens with zero attached hydrogens (tertiary/aromatic N) is 3. The Morgan fingerprint density at radius 1 is 1.06 bits per heavy atom. The number of hydrogen-bond donors (Lipinski definition) is 1. The van der Waals surface area contributed by atoms with Crippen LogP contribution in [0.3, 0.4) is 0 Å². The van der Waals surface area contributed by atoms with Crippen LogP contribution >= 0.6 is 0 Å². The summed E-state index contributed by atoms with van der Waals surface area (Å²) in [7, 11) is 1.60. The highest BCUT2D eigenvalue weighted by Gasteiger charge is 2.46. The lowest BCUT2D eigenvalue weighted by atomic mass is 9.97. The molecule has 0 bridgehead atoms. The number of urea groups is 1. The van der Waals surface area contributed by atoms with Crippen LogP contribution in [0, 0.1) is 0 Å². The van der Waals surface area contributed by atoms with Crippen molar-refractivity contribution < 1.29 is 19.1 Å². The molecule has 0 aromatic heterocycles. The van der Waals surface area contributed by atoms with Crippen molar-refractivity contribution in [2.24, 2.45) is 5.10 Å². The molecule has 5 rings (SSSR count). The minimum atomic E-state index is -1.04. The van der Waals surface area contributed by atoms with Gasteiger partial charge in [-0.3, -0.25) is 14.5 Å². The Hall–Kier alpha value is -4.20. The lowest BCUT2D eigenvalue weighted by Gasteiger charge is -2.24. The maximum atomic E-state index is 13.4. The van der Waals surface area contributed by atoms with E-state index in [9.17, 15) is 14.4 Å². The van der Waals surface area contributed by atoms with Crippen LogP contribution in [0.2, 0.25) is 0 Å². The monoisotopic (exact) mass is 470 g/mol. The summed E-state index contributed by atoms with van der Waals surface area (Å²) in [5.41, 5.74) is 1.53. The summed E-state index contributed by atoms with van der Waals surface area (Å²) < 4.78 is 5.27. The molecule has 2 aliphatic heterocycles. The molecule has 2 heterocycles. The third-order valence-corrected chi connectivity index (χ3v) is 6.49. The summed E-state index contributed by atoms with van der Waals surface area (Å²) in [6.07, 6.45) is 0.502. The SMILES string of the molecule is COc1ccc([C@@H]2CC(c3ccc4ccccc4c3)=NN2C(=O)CN2C(=O)NC(C)(C)C2=O)cc1. The molecule has 178 valence electrons. The Balaban J connectivity index is 1.48. The van der Waals surface area contributed by atoms with E-state index >= 15 is 0 Å². The van der Waals surface area contributed by atoms with Gasteiger partial charge in [0.05, 0.1) is 18.9 Å². The maximum absolute atomic E-state index is 13.4. The van der Waals surface area contributed by atoms with Crippen molar-refractivity contribution >= 4 is 34.3 Å². The summed E-state index contributed by atoms with van der Waals surface area (Å²) in [5, 5.41) is 10.9. The largest absolute Gasteiger partial charge is 0.497 e. The van der Waals surface area contributed by atoms with Crippen molar-refractivity contribution in [3.63, 3.8) is 0 Å². The maximum Gasteiger partial charge on any atom is 0.325 e. The zero-order valence-electron chi connectivity index (χ0n) is 19.8. The average molecular weight is 471 g/mol. The van der Waals surface area contributed by atoms with Crippen molar-refractivity contribution in [3.05, 3.63) is 77.9 Å². The number of hydrogen-bond acceptors (Lipinski definition) is 5. The predicted octanol–water partition coefficient (Wildman–Crippen LogP) is 3.86. The van der Waals surface area contributed by atoms with E-state index in [1.54, 1.807) is 21.0 Å². The second-order valence-electron chi connectivity index (χ2n) is 9.29. The molecule has 1 atom stereocenters. The Bertz CT molecular complexity index is 1360. The Kier molecular flexibility index (Phi) is 5.51. The molecule has 0 aliphatic carbocycles. The zero-order valence-corrected chi connectivity index (χ0v) is 19.8. The van der Waals surface area contributed by atoms with Gasteiger partial charge in [0.1, 0.15) is 17.8 Å². The highest BCUT2D eigenvalue weighted by atomic mass is 16.5. The average Bonchev–Trinajstić information content (AvgIpc) is 3.39. The lowest BCUT2D eigenvalue weighted by molar-refractivity contribution is -0.139. The minimum absolute atomic E-state index is 0.372. The summed E-state index contributed by atoms with van der Waals surface area (Å²) in [5.74, 6) is -0.153. The van der Waals surface area contributed by atoms with Crippen LogP contribution in [0.15, 0.2) is 71.8 Å². The Morgan fingerprint density at radius 2 is 1.77 bits per heavy atom. The van der Waals surface area contributed by atoms with Crippen LogP contribution in [0.4, 0.5) is 4.79 Å². The number of carbonyl (C=O) groups excluding carboxylic acids is 3. The molecule has 1 saturated heterocycles. The summed E-state index contributed by atoms with van der Waals surface area (Å²) >= 11 is 0. The minimum Gasteiger partial charge on any atom is -0.497 e. The van der Waals surface area contributed by atoms with Gasteiger partial charge >= 0.3 is 6.03 Å². The number of imide groups is 1. The molecule has 0 radical (unpaired) electrons. The molecule has 0 saturated carbocycles. The highest BCUT2D eigenvalue weighted by Crippen LogP contribution is 2.34. The number of methoxy groups -OCH3 is 1. The van der Waals surface area contributed by atoms with Crippen LogP contribution in [-0.2, 0) is 9.59 Å². The molecule has 3 aromatic carbocycles. The van der Waals surface area contributed by atoms with E-state index in [-0.39, 0.29) is 12.6 Å². The first-order valence-corrected chi connectivity index (χ1v) is 11.4. The number of nitrogens with one attached hydrogen (secondary N) is 1. The first kappa shape index (κ1) is 22.6. The zero-order chi connectivity index (χ0) is 24.7. The summed E-state index contributed by atoms with van der Waals surface area (Å²) in [4.78, 5) is 39.4. The van der Waals surface area contributed by atoms with Crippen LogP contribution < -0.4 is 10.1 Å². The molecule has 3 aromatic rings. The standard InChI is InChI=1S/C27H26N4O4/c1-27(2)25(33)30(26(34)28-27)16-24(32)31-23(18-10-12-21(35-3)13-11-18)15-22(29-31)20-9-8-17-6-4-5-7-19(17)14-20/h4-14,23H,15-16H2,1-3H3,(H,28,34)/t23-/m0/s1. The number of rotatable bonds is 5. The van der Waals surface area contributed by atoms with Gasteiger partial charge in [-0.1, -0.05) is 48.5 Å². The van der Waals surface area contributed by atoms with Gasteiger partial charge in [0.15, 0.2) is 0 Å².